The standard InChI is InChI=1S/C30H18N2/c1-3-11-19-17(9-1)25(27-21-13-5-7-15-23(21)31-29(19)27)26-18-10-2-4-12-20(18)30-28(26)22-14-6-8-16-24(22)32-30/h1-16,31-32H/b26-25-. The molecule has 8 rings (SSSR count). The van der Waals surface area contributed by atoms with Crippen molar-refractivity contribution in [3.63, 3.8) is 0 Å². The van der Waals surface area contributed by atoms with E-state index in [9.17, 15) is 0 Å². The Hall–Kier alpha value is -4.30. The molecule has 0 unspecified atom stereocenters. The van der Waals surface area contributed by atoms with Crippen LogP contribution in [-0.2, 0) is 0 Å². The van der Waals surface area contributed by atoms with Gasteiger partial charge in [-0.25, -0.2) is 0 Å². The highest BCUT2D eigenvalue weighted by molar-refractivity contribution is 6.25. The summed E-state index contributed by atoms with van der Waals surface area (Å²) >= 11 is 0. The Morgan fingerprint density at radius 1 is 0.375 bits per heavy atom. The lowest BCUT2D eigenvalue weighted by Crippen LogP contribution is -1.91. The monoisotopic (exact) mass is 406 g/mol. The van der Waals surface area contributed by atoms with Crippen molar-refractivity contribution in [1.82, 2.24) is 9.97 Å². The van der Waals surface area contributed by atoms with Gasteiger partial charge in [0, 0.05) is 55.2 Å². The molecule has 2 heteroatoms. The highest BCUT2D eigenvalue weighted by Crippen LogP contribution is 2.56. The molecular formula is C30H18N2. The number of hydrogen-bond donors (Lipinski definition) is 2. The summed E-state index contributed by atoms with van der Waals surface area (Å²) < 4.78 is 0. The maximum Gasteiger partial charge on any atom is 0.0551 e. The molecule has 2 aliphatic rings. The van der Waals surface area contributed by atoms with Gasteiger partial charge in [-0.15, -0.1) is 0 Å². The van der Waals surface area contributed by atoms with Gasteiger partial charge in [-0.1, -0.05) is 84.9 Å². The molecule has 0 saturated carbocycles. The molecule has 0 atom stereocenters. The lowest BCUT2D eigenvalue weighted by molar-refractivity contribution is 1.46. The van der Waals surface area contributed by atoms with Gasteiger partial charge in [-0.3, -0.25) is 0 Å². The van der Waals surface area contributed by atoms with Gasteiger partial charge in [0.15, 0.2) is 0 Å². The van der Waals surface area contributed by atoms with Crippen LogP contribution in [-0.4, -0.2) is 9.97 Å². The fourth-order valence-corrected chi connectivity index (χ4v) is 5.83. The molecule has 2 heterocycles. The van der Waals surface area contributed by atoms with Crippen LogP contribution >= 0.6 is 0 Å². The SMILES string of the molecule is c1ccc2c(c1)/C(=C1\c3ccccc3-c3[nH]c4ccccc4c31)c1c-2[nH]c2ccccc12. The van der Waals surface area contributed by atoms with Gasteiger partial charge in [-0.05, 0) is 23.3 Å². The van der Waals surface area contributed by atoms with E-state index in [1.54, 1.807) is 0 Å². The average Bonchev–Trinajstić information content (AvgIpc) is 3.56. The molecule has 32 heavy (non-hydrogen) atoms. The molecule has 0 amide bonds. The van der Waals surface area contributed by atoms with Crippen molar-refractivity contribution < 1.29 is 0 Å². The van der Waals surface area contributed by atoms with Crippen LogP contribution in [0.25, 0.3) is 55.5 Å². The minimum Gasteiger partial charge on any atom is -0.354 e. The Morgan fingerprint density at radius 3 is 1.22 bits per heavy atom. The van der Waals surface area contributed by atoms with Crippen LogP contribution in [0.15, 0.2) is 97.1 Å². The van der Waals surface area contributed by atoms with Gasteiger partial charge in [0.1, 0.15) is 0 Å². The summed E-state index contributed by atoms with van der Waals surface area (Å²) in [5.74, 6) is 0. The molecule has 148 valence electrons. The number of nitrogens with one attached hydrogen (secondary N) is 2. The minimum atomic E-state index is 1.19. The van der Waals surface area contributed by atoms with Crippen molar-refractivity contribution in [3.05, 3.63) is 119 Å². The Kier molecular flexibility index (Phi) is 2.91. The van der Waals surface area contributed by atoms with Crippen LogP contribution in [0.1, 0.15) is 22.3 Å². The van der Waals surface area contributed by atoms with Gasteiger partial charge in [0.2, 0.25) is 0 Å². The number of fused-ring (bicyclic) bond motifs is 10. The van der Waals surface area contributed by atoms with Crippen LogP contribution in [0, 0.1) is 0 Å². The fraction of sp³-hybridized carbons (Fsp3) is 0. The third-order valence-electron chi connectivity index (χ3n) is 7.09. The van der Waals surface area contributed by atoms with Gasteiger partial charge in [0.25, 0.3) is 0 Å². The number of aromatic amines is 2. The van der Waals surface area contributed by atoms with E-state index in [1.165, 1.54) is 77.7 Å². The normalized spacial score (nSPS) is 15.8. The minimum absolute atomic E-state index is 1.19. The fourth-order valence-electron chi connectivity index (χ4n) is 5.83. The topological polar surface area (TPSA) is 31.6 Å². The second kappa shape index (κ2) is 5.68. The zero-order valence-electron chi connectivity index (χ0n) is 17.2. The quantitative estimate of drug-likeness (QED) is 0.260. The summed E-state index contributed by atoms with van der Waals surface area (Å²) in [6, 6.07) is 35.0. The highest BCUT2D eigenvalue weighted by Gasteiger charge is 2.36. The molecule has 2 nitrogen and oxygen atoms in total. The van der Waals surface area contributed by atoms with Crippen LogP contribution in [0.3, 0.4) is 0 Å². The Bertz CT molecular complexity index is 1640. The maximum absolute atomic E-state index is 3.72. The van der Waals surface area contributed by atoms with Crippen LogP contribution < -0.4 is 0 Å². The molecule has 0 aliphatic heterocycles. The van der Waals surface area contributed by atoms with Crippen molar-refractivity contribution in [2.24, 2.45) is 0 Å². The number of rotatable bonds is 0. The smallest absolute Gasteiger partial charge is 0.0551 e. The second-order valence-corrected chi connectivity index (χ2v) is 8.68. The molecule has 6 aromatic rings. The third-order valence-corrected chi connectivity index (χ3v) is 7.09. The second-order valence-electron chi connectivity index (χ2n) is 8.68. The van der Waals surface area contributed by atoms with E-state index in [1.807, 2.05) is 0 Å². The van der Waals surface area contributed by atoms with Gasteiger partial charge < -0.3 is 9.97 Å². The van der Waals surface area contributed by atoms with Crippen molar-refractivity contribution in [2.75, 3.05) is 0 Å². The summed E-state index contributed by atoms with van der Waals surface area (Å²) in [6.07, 6.45) is 0. The number of para-hydroxylation sites is 2. The van der Waals surface area contributed by atoms with E-state index in [-0.39, 0.29) is 0 Å². The van der Waals surface area contributed by atoms with E-state index in [0.29, 0.717) is 0 Å². The first-order valence-corrected chi connectivity index (χ1v) is 11.1. The number of aromatic nitrogens is 2. The predicted octanol–water partition coefficient (Wildman–Crippen LogP) is 7.62. The largest absolute Gasteiger partial charge is 0.354 e. The average molecular weight is 406 g/mol. The van der Waals surface area contributed by atoms with E-state index < -0.39 is 0 Å². The summed E-state index contributed by atoms with van der Waals surface area (Å²) in [5, 5.41) is 2.57. The van der Waals surface area contributed by atoms with E-state index in [2.05, 4.69) is 107 Å². The van der Waals surface area contributed by atoms with Crippen LogP contribution in [0.2, 0.25) is 0 Å². The highest BCUT2D eigenvalue weighted by atomic mass is 14.8. The van der Waals surface area contributed by atoms with Crippen molar-refractivity contribution >= 4 is 33.0 Å². The molecule has 4 aromatic carbocycles. The number of H-pyrrole nitrogens is 2. The Morgan fingerprint density at radius 2 is 0.750 bits per heavy atom. The third kappa shape index (κ3) is 1.86. The zero-order valence-corrected chi connectivity index (χ0v) is 17.2. The van der Waals surface area contributed by atoms with Gasteiger partial charge in [0.05, 0.1) is 11.4 Å². The number of benzene rings is 4. The van der Waals surface area contributed by atoms with E-state index >= 15 is 0 Å². The predicted molar refractivity (Wildman–Crippen MR) is 132 cm³/mol. The summed E-state index contributed by atoms with van der Waals surface area (Å²) in [7, 11) is 0. The van der Waals surface area contributed by atoms with Crippen molar-refractivity contribution in [3.8, 4) is 22.5 Å². The summed E-state index contributed by atoms with van der Waals surface area (Å²) in [4.78, 5) is 7.45. The lowest BCUT2D eigenvalue weighted by atomic mass is 9.90. The van der Waals surface area contributed by atoms with Crippen molar-refractivity contribution in [2.45, 2.75) is 0 Å². The van der Waals surface area contributed by atoms with Crippen LogP contribution in [0.5, 0.6) is 0 Å². The Labute approximate surface area is 184 Å². The first-order chi connectivity index (χ1) is 15.9. The zero-order chi connectivity index (χ0) is 20.8. The number of hydrogen-bond acceptors (Lipinski definition) is 0. The lowest BCUT2D eigenvalue weighted by Gasteiger charge is -2.12. The molecule has 0 spiro atoms. The molecule has 2 aromatic heterocycles. The molecule has 0 saturated heterocycles. The van der Waals surface area contributed by atoms with Crippen molar-refractivity contribution in [1.29, 1.82) is 0 Å². The molecule has 2 aliphatic carbocycles. The molecule has 2 N–H and O–H groups in total. The summed E-state index contributed by atoms with van der Waals surface area (Å²) in [5.41, 5.74) is 15.3. The molecule has 0 bridgehead atoms. The van der Waals surface area contributed by atoms with Crippen LogP contribution in [0.4, 0.5) is 0 Å². The van der Waals surface area contributed by atoms with E-state index in [4.69, 9.17) is 0 Å². The first-order valence-electron chi connectivity index (χ1n) is 11.1. The molecule has 0 fully saturated rings. The van der Waals surface area contributed by atoms with Gasteiger partial charge in [-0.2, -0.15) is 0 Å². The Balaban J connectivity index is 1.63. The maximum atomic E-state index is 3.72. The van der Waals surface area contributed by atoms with E-state index in [0.717, 1.165) is 0 Å². The first kappa shape index (κ1) is 16.4. The molecular weight excluding hydrogens is 388 g/mol. The molecule has 0 radical (unpaired) electrons. The van der Waals surface area contributed by atoms with Gasteiger partial charge >= 0.3 is 0 Å². The summed E-state index contributed by atoms with van der Waals surface area (Å²) in [6.45, 7) is 0.